The predicted molar refractivity (Wildman–Crippen MR) is 64.6 cm³/mol. The molecule has 0 amide bonds. The second kappa shape index (κ2) is 4.40. The lowest BCUT2D eigenvalue weighted by Crippen LogP contribution is -1.98. The maximum Gasteiger partial charge on any atom is 0.374 e. The first-order valence-electron chi connectivity index (χ1n) is 5.17. The standard InChI is InChI=1S/C12H12N2O4/c1-6-3-4-8(17-2)7(5-6)9-10(11(15)16)18-12(13)14-9/h3-5H,1-2H3,(H2,13,14)(H,15,16). The van der Waals surface area contributed by atoms with Crippen LogP contribution in [0.25, 0.3) is 11.3 Å². The maximum absolute atomic E-state index is 11.1. The fourth-order valence-corrected chi connectivity index (χ4v) is 1.67. The molecule has 6 nitrogen and oxygen atoms in total. The number of aryl methyl sites for hydroxylation is 1. The van der Waals surface area contributed by atoms with Crippen molar-refractivity contribution in [2.75, 3.05) is 12.8 Å². The highest BCUT2D eigenvalue weighted by Gasteiger charge is 2.22. The number of carboxylic acids is 1. The van der Waals surface area contributed by atoms with Crippen LogP contribution in [0.15, 0.2) is 22.6 Å². The Morgan fingerprint density at radius 3 is 2.83 bits per heavy atom. The van der Waals surface area contributed by atoms with Gasteiger partial charge < -0.3 is 20.0 Å². The average molecular weight is 248 g/mol. The molecule has 6 heteroatoms. The Labute approximate surface area is 103 Å². The third-order valence-corrected chi connectivity index (χ3v) is 2.45. The van der Waals surface area contributed by atoms with E-state index in [9.17, 15) is 4.79 Å². The van der Waals surface area contributed by atoms with Gasteiger partial charge in [0.2, 0.25) is 5.76 Å². The smallest absolute Gasteiger partial charge is 0.374 e. The number of nitrogens with two attached hydrogens (primary N) is 1. The van der Waals surface area contributed by atoms with E-state index in [0.717, 1.165) is 5.56 Å². The Morgan fingerprint density at radius 2 is 2.22 bits per heavy atom. The molecule has 0 aliphatic heterocycles. The number of hydrogen-bond acceptors (Lipinski definition) is 5. The number of benzene rings is 1. The van der Waals surface area contributed by atoms with E-state index >= 15 is 0 Å². The minimum Gasteiger partial charge on any atom is -0.496 e. The number of rotatable bonds is 3. The molecular formula is C12H12N2O4. The number of aromatic nitrogens is 1. The molecule has 0 saturated heterocycles. The monoisotopic (exact) mass is 248 g/mol. The number of carbonyl (C=O) groups is 1. The van der Waals surface area contributed by atoms with E-state index < -0.39 is 5.97 Å². The molecule has 18 heavy (non-hydrogen) atoms. The van der Waals surface area contributed by atoms with Gasteiger partial charge >= 0.3 is 5.97 Å². The molecule has 1 aromatic heterocycles. The first kappa shape index (κ1) is 12.0. The summed E-state index contributed by atoms with van der Waals surface area (Å²) in [5.74, 6) is -1.01. The zero-order valence-corrected chi connectivity index (χ0v) is 9.93. The fraction of sp³-hybridized carbons (Fsp3) is 0.167. The highest BCUT2D eigenvalue weighted by molar-refractivity contribution is 5.93. The van der Waals surface area contributed by atoms with Gasteiger partial charge in [0.1, 0.15) is 11.4 Å². The van der Waals surface area contributed by atoms with Gasteiger partial charge in [0.05, 0.1) is 7.11 Å². The molecule has 0 fully saturated rings. The highest BCUT2D eigenvalue weighted by atomic mass is 16.5. The summed E-state index contributed by atoms with van der Waals surface area (Å²) in [6.45, 7) is 1.88. The van der Waals surface area contributed by atoms with Crippen LogP contribution in [0.5, 0.6) is 5.75 Å². The predicted octanol–water partition coefficient (Wildman–Crippen LogP) is 1.94. The summed E-state index contributed by atoms with van der Waals surface area (Å²) in [6.07, 6.45) is 0. The van der Waals surface area contributed by atoms with Gasteiger partial charge in [-0.1, -0.05) is 11.6 Å². The molecule has 0 saturated carbocycles. The van der Waals surface area contributed by atoms with Crippen LogP contribution in [0.2, 0.25) is 0 Å². The lowest BCUT2D eigenvalue weighted by Gasteiger charge is -2.07. The second-order valence-electron chi connectivity index (χ2n) is 3.74. The van der Waals surface area contributed by atoms with E-state index in [4.69, 9.17) is 20.0 Å². The van der Waals surface area contributed by atoms with Crippen LogP contribution in [0.1, 0.15) is 16.1 Å². The fourth-order valence-electron chi connectivity index (χ4n) is 1.67. The normalized spacial score (nSPS) is 10.3. The van der Waals surface area contributed by atoms with Gasteiger partial charge in [-0.05, 0) is 19.1 Å². The lowest BCUT2D eigenvalue weighted by molar-refractivity contribution is 0.0665. The maximum atomic E-state index is 11.1. The number of anilines is 1. The summed E-state index contributed by atoms with van der Waals surface area (Å²) in [5, 5.41) is 9.04. The van der Waals surface area contributed by atoms with E-state index in [1.54, 1.807) is 12.1 Å². The van der Waals surface area contributed by atoms with Gasteiger partial charge in [0.25, 0.3) is 6.01 Å². The largest absolute Gasteiger partial charge is 0.496 e. The third kappa shape index (κ3) is 2.00. The van der Waals surface area contributed by atoms with Crippen LogP contribution in [-0.4, -0.2) is 23.2 Å². The minimum absolute atomic E-state index is 0.167. The van der Waals surface area contributed by atoms with Crippen LogP contribution < -0.4 is 10.5 Å². The van der Waals surface area contributed by atoms with Crippen molar-refractivity contribution in [3.8, 4) is 17.0 Å². The number of nitrogen functional groups attached to an aromatic ring is 1. The Hall–Kier alpha value is -2.50. The molecule has 0 radical (unpaired) electrons. The van der Waals surface area contributed by atoms with Crippen LogP contribution in [-0.2, 0) is 0 Å². The van der Waals surface area contributed by atoms with Crippen molar-refractivity contribution in [3.05, 3.63) is 29.5 Å². The lowest BCUT2D eigenvalue weighted by atomic mass is 10.1. The number of oxazole rings is 1. The highest BCUT2D eigenvalue weighted by Crippen LogP contribution is 2.33. The molecular weight excluding hydrogens is 236 g/mol. The zero-order chi connectivity index (χ0) is 13.3. The molecule has 2 rings (SSSR count). The summed E-state index contributed by atoms with van der Waals surface area (Å²) in [6, 6.07) is 5.17. The molecule has 1 aromatic carbocycles. The van der Waals surface area contributed by atoms with Crippen molar-refractivity contribution in [1.29, 1.82) is 0 Å². The summed E-state index contributed by atoms with van der Waals surface area (Å²) in [5.41, 5.74) is 7.05. The van der Waals surface area contributed by atoms with Crippen LogP contribution in [0.3, 0.4) is 0 Å². The van der Waals surface area contributed by atoms with Crippen molar-refractivity contribution >= 4 is 12.0 Å². The zero-order valence-electron chi connectivity index (χ0n) is 9.93. The number of carboxylic acid groups (broad SMARTS) is 1. The molecule has 1 heterocycles. The molecule has 0 aliphatic rings. The molecule has 94 valence electrons. The topological polar surface area (TPSA) is 98.6 Å². The van der Waals surface area contributed by atoms with Gasteiger partial charge in [-0.3, -0.25) is 0 Å². The van der Waals surface area contributed by atoms with E-state index in [2.05, 4.69) is 4.98 Å². The van der Waals surface area contributed by atoms with Crippen LogP contribution in [0, 0.1) is 6.92 Å². The van der Waals surface area contributed by atoms with Crippen molar-refractivity contribution in [3.63, 3.8) is 0 Å². The van der Waals surface area contributed by atoms with Gasteiger partial charge in [-0.2, -0.15) is 4.98 Å². The van der Waals surface area contributed by atoms with Crippen molar-refractivity contribution < 1.29 is 19.1 Å². The minimum atomic E-state index is -1.22. The summed E-state index contributed by atoms with van der Waals surface area (Å²) < 4.78 is 10.1. The van der Waals surface area contributed by atoms with Crippen LogP contribution in [0.4, 0.5) is 6.01 Å². The number of ether oxygens (including phenoxy) is 1. The quantitative estimate of drug-likeness (QED) is 0.861. The Morgan fingerprint density at radius 1 is 1.50 bits per heavy atom. The Balaban J connectivity index is 2.68. The molecule has 0 atom stereocenters. The number of hydrogen-bond donors (Lipinski definition) is 2. The molecule has 2 aromatic rings. The molecule has 3 N–H and O–H groups in total. The Bertz CT molecular complexity index is 604. The first-order valence-corrected chi connectivity index (χ1v) is 5.17. The third-order valence-electron chi connectivity index (χ3n) is 2.45. The van der Waals surface area contributed by atoms with Crippen LogP contribution >= 0.6 is 0 Å². The molecule has 0 aliphatic carbocycles. The number of methoxy groups -OCH3 is 1. The van der Waals surface area contributed by atoms with E-state index in [1.165, 1.54) is 7.11 Å². The SMILES string of the molecule is COc1ccc(C)cc1-c1nc(N)oc1C(=O)O. The second-order valence-corrected chi connectivity index (χ2v) is 3.74. The van der Waals surface area contributed by atoms with E-state index in [1.807, 2.05) is 13.0 Å². The van der Waals surface area contributed by atoms with Crippen molar-refractivity contribution in [2.45, 2.75) is 6.92 Å². The van der Waals surface area contributed by atoms with E-state index in [0.29, 0.717) is 11.3 Å². The average Bonchev–Trinajstić information content (AvgIpc) is 2.71. The summed E-state index contributed by atoms with van der Waals surface area (Å²) in [4.78, 5) is 15.0. The summed E-state index contributed by atoms with van der Waals surface area (Å²) in [7, 11) is 1.50. The first-order chi connectivity index (χ1) is 8.52. The van der Waals surface area contributed by atoms with Gasteiger partial charge in [0.15, 0.2) is 0 Å². The molecule has 0 unspecified atom stereocenters. The molecule has 0 spiro atoms. The van der Waals surface area contributed by atoms with Crippen molar-refractivity contribution in [1.82, 2.24) is 4.98 Å². The van der Waals surface area contributed by atoms with Crippen molar-refractivity contribution in [2.24, 2.45) is 0 Å². The van der Waals surface area contributed by atoms with Gasteiger partial charge in [0, 0.05) is 5.56 Å². The molecule has 0 bridgehead atoms. The van der Waals surface area contributed by atoms with Gasteiger partial charge in [-0.15, -0.1) is 0 Å². The summed E-state index contributed by atoms with van der Waals surface area (Å²) >= 11 is 0. The number of aromatic carboxylic acids is 1. The van der Waals surface area contributed by atoms with Gasteiger partial charge in [-0.25, -0.2) is 4.79 Å². The number of nitrogens with zero attached hydrogens (tertiary/aromatic N) is 1. The Kier molecular flexibility index (Phi) is 2.93. The van der Waals surface area contributed by atoms with E-state index in [-0.39, 0.29) is 17.5 Å².